The van der Waals surface area contributed by atoms with Crippen molar-refractivity contribution in [2.75, 3.05) is 52.5 Å². The summed E-state index contributed by atoms with van der Waals surface area (Å²) in [5.74, 6) is 1.45. The Hall–Kier alpha value is -1.79. The number of nitrogens with zero attached hydrogens (tertiary/aromatic N) is 2. The first-order valence-electron chi connectivity index (χ1n) is 8.69. The predicted molar refractivity (Wildman–Crippen MR) is 97.8 cm³/mol. The number of para-hydroxylation sites is 1. The second kappa shape index (κ2) is 10.2. The molecule has 0 bridgehead atoms. The third-order valence-electron chi connectivity index (χ3n) is 4.08. The minimum Gasteiger partial charge on any atom is -0.491 e. The lowest BCUT2D eigenvalue weighted by atomic mass is 10.1. The molecule has 0 unspecified atom stereocenters. The second-order valence-electron chi connectivity index (χ2n) is 6.07. The zero-order valence-electron chi connectivity index (χ0n) is 14.9. The minimum atomic E-state index is 0.488. The van der Waals surface area contributed by atoms with Crippen LogP contribution in [0.15, 0.2) is 23.2 Å². The summed E-state index contributed by atoms with van der Waals surface area (Å²) >= 11 is 0. The highest BCUT2D eigenvalue weighted by Gasteiger charge is 2.08. The summed E-state index contributed by atoms with van der Waals surface area (Å²) in [4.78, 5) is 6.76. The average molecular weight is 334 g/mol. The molecule has 1 aliphatic rings. The monoisotopic (exact) mass is 334 g/mol. The van der Waals surface area contributed by atoms with Crippen LogP contribution in [0.25, 0.3) is 0 Å². The number of hydrogen-bond donors (Lipinski definition) is 2. The molecular formula is C18H30N4O2. The third-order valence-corrected chi connectivity index (χ3v) is 4.08. The molecular weight excluding hydrogens is 304 g/mol. The van der Waals surface area contributed by atoms with Crippen LogP contribution >= 0.6 is 0 Å². The molecule has 24 heavy (non-hydrogen) atoms. The van der Waals surface area contributed by atoms with Crippen LogP contribution in [0.3, 0.4) is 0 Å². The molecule has 134 valence electrons. The van der Waals surface area contributed by atoms with Crippen LogP contribution in [0.1, 0.15) is 17.5 Å². The summed E-state index contributed by atoms with van der Waals surface area (Å²) in [5.41, 5.74) is 8.19. The first-order valence-corrected chi connectivity index (χ1v) is 8.69. The minimum absolute atomic E-state index is 0.488. The molecule has 1 aromatic carbocycles. The average Bonchev–Trinajstić information content (AvgIpc) is 2.58. The molecule has 0 saturated carbocycles. The van der Waals surface area contributed by atoms with Gasteiger partial charge in [0.1, 0.15) is 12.4 Å². The van der Waals surface area contributed by atoms with E-state index in [1.54, 1.807) is 0 Å². The van der Waals surface area contributed by atoms with Gasteiger partial charge in [0.15, 0.2) is 5.96 Å². The summed E-state index contributed by atoms with van der Waals surface area (Å²) in [7, 11) is 0. The van der Waals surface area contributed by atoms with Crippen molar-refractivity contribution in [3.05, 3.63) is 29.3 Å². The summed E-state index contributed by atoms with van der Waals surface area (Å²) in [6, 6.07) is 6.15. The summed E-state index contributed by atoms with van der Waals surface area (Å²) in [5, 5.41) is 3.10. The van der Waals surface area contributed by atoms with Crippen molar-refractivity contribution >= 4 is 5.96 Å². The van der Waals surface area contributed by atoms with Crippen LogP contribution in [-0.2, 0) is 4.74 Å². The molecule has 6 nitrogen and oxygen atoms in total. The van der Waals surface area contributed by atoms with E-state index >= 15 is 0 Å². The third kappa shape index (κ3) is 6.37. The van der Waals surface area contributed by atoms with Crippen LogP contribution < -0.4 is 15.8 Å². The van der Waals surface area contributed by atoms with E-state index in [0.29, 0.717) is 19.1 Å². The van der Waals surface area contributed by atoms with Gasteiger partial charge >= 0.3 is 0 Å². The molecule has 0 radical (unpaired) electrons. The van der Waals surface area contributed by atoms with Crippen LogP contribution in [0.4, 0.5) is 0 Å². The highest BCUT2D eigenvalue weighted by molar-refractivity contribution is 5.77. The number of rotatable bonds is 8. The zero-order valence-corrected chi connectivity index (χ0v) is 14.9. The van der Waals surface area contributed by atoms with Crippen LogP contribution in [-0.4, -0.2) is 63.4 Å². The fourth-order valence-electron chi connectivity index (χ4n) is 2.73. The molecule has 0 amide bonds. The molecule has 0 aromatic heterocycles. The van der Waals surface area contributed by atoms with E-state index in [0.717, 1.165) is 62.7 Å². The molecule has 1 fully saturated rings. The molecule has 0 aliphatic carbocycles. The van der Waals surface area contributed by atoms with Gasteiger partial charge in [0, 0.05) is 26.2 Å². The zero-order chi connectivity index (χ0) is 17.2. The van der Waals surface area contributed by atoms with E-state index in [1.807, 2.05) is 6.07 Å². The van der Waals surface area contributed by atoms with E-state index in [9.17, 15) is 0 Å². The second-order valence-corrected chi connectivity index (χ2v) is 6.07. The Kier molecular flexibility index (Phi) is 7.85. The van der Waals surface area contributed by atoms with Gasteiger partial charge in [-0.15, -0.1) is 0 Å². The SMILES string of the molecule is Cc1cccc(C)c1OCCNC(N)=NCCCN1CCOCC1. The van der Waals surface area contributed by atoms with E-state index in [4.69, 9.17) is 15.2 Å². The maximum absolute atomic E-state index is 5.88. The van der Waals surface area contributed by atoms with Crippen molar-refractivity contribution in [3.8, 4) is 5.75 Å². The van der Waals surface area contributed by atoms with Gasteiger partial charge in [-0.1, -0.05) is 18.2 Å². The van der Waals surface area contributed by atoms with Crippen molar-refractivity contribution < 1.29 is 9.47 Å². The smallest absolute Gasteiger partial charge is 0.188 e. The maximum Gasteiger partial charge on any atom is 0.188 e. The van der Waals surface area contributed by atoms with Crippen molar-refractivity contribution in [3.63, 3.8) is 0 Å². The summed E-state index contributed by atoms with van der Waals surface area (Å²) in [6.07, 6.45) is 1.02. The predicted octanol–water partition coefficient (Wildman–Crippen LogP) is 1.31. The van der Waals surface area contributed by atoms with Crippen LogP contribution in [0.5, 0.6) is 5.75 Å². The number of guanidine groups is 1. The largest absolute Gasteiger partial charge is 0.491 e. The highest BCUT2D eigenvalue weighted by atomic mass is 16.5. The lowest BCUT2D eigenvalue weighted by Crippen LogP contribution is -2.37. The Balaban J connectivity index is 1.57. The molecule has 1 heterocycles. The molecule has 1 aliphatic heterocycles. The van der Waals surface area contributed by atoms with Gasteiger partial charge in [-0.2, -0.15) is 0 Å². The Labute approximate surface area is 145 Å². The Morgan fingerprint density at radius 2 is 2.00 bits per heavy atom. The first kappa shape index (κ1) is 18.5. The lowest BCUT2D eigenvalue weighted by Gasteiger charge is -2.26. The number of aryl methyl sites for hydroxylation is 2. The quantitative estimate of drug-likeness (QED) is 0.426. The number of nitrogens with two attached hydrogens (primary N) is 1. The number of hydrogen-bond acceptors (Lipinski definition) is 4. The van der Waals surface area contributed by atoms with Gasteiger partial charge in [-0.05, 0) is 31.4 Å². The van der Waals surface area contributed by atoms with Crippen molar-refractivity contribution in [1.29, 1.82) is 0 Å². The van der Waals surface area contributed by atoms with Gasteiger partial charge in [0.05, 0.1) is 19.8 Å². The maximum atomic E-state index is 5.88. The molecule has 0 atom stereocenters. The number of benzene rings is 1. The molecule has 1 aromatic rings. The Morgan fingerprint density at radius 1 is 1.29 bits per heavy atom. The van der Waals surface area contributed by atoms with Crippen LogP contribution in [0, 0.1) is 13.8 Å². The number of aliphatic imine (C=N–C) groups is 1. The van der Waals surface area contributed by atoms with Crippen LogP contribution in [0.2, 0.25) is 0 Å². The fourth-order valence-corrected chi connectivity index (χ4v) is 2.73. The van der Waals surface area contributed by atoms with E-state index in [2.05, 4.69) is 41.2 Å². The number of nitrogens with one attached hydrogen (secondary N) is 1. The normalized spacial score (nSPS) is 16.2. The fraction of sp³-hybridized carbons (Fsp3) is 0.611. The molecule has 2 rings (SSSR count). The van der Waals surface area contributed by atoms with E-state index in [1.165, 1.54) is 0 Å². The van der Waals surface area contributed by atoms with Gasteiger partial charge < -0.3 is 20.5 Å². The number of morpholine rings is 1. The van der Waals surface area contributed by atoms with Gasteiger partial charge in [-0.25, -0.2) is 0 Å². The Bertz CT molecular complexity index is 508. The van der Waals surface area contributed by atoms with E-state index in [-0.39, 0.29) is 0 Å². The molecule has 0 spiro atoms. The standard InChI is InChI=1S/C18H30N4O2/c1-15-5-3-6-16(2)17(15)24-12-8-21-18(19)20-7-4-9-22-10-13-23-14-11-22/h3,5-6H,4,7-14H2,1-2H3,(H3,19,20,21). The van der Waals surface area contributed by atoms with Crippen molar-refractivity contribution in [2.45, 2.75) is 20.3 Å². The summed E-state index contributed by atoms with van der Waals surface area (Å²) in [6.45, 7) is 10.8. The first-order chi connectivity index (χ1) is 11.7. The van der Waals surface area contributed by atoms with Gasteiger partial charge in [0.25, 0.3) is 0 Å². The molecule has 6 heteroatoms. The lowest BCUT2D eigenvalue weighted by molar-refractivity contribution is 0.0377. The number of ether oxygens (including phenoxy) is 2. The topological polar surface area (TPSA) is 72.1 Å². The summed E-state index contributed by atoms with van der Waals surface area (Å²) < 4.78 is 11.2. The van der Waals surface area contributed by atoms with Gasteiger partial charge in [0.2, 0.25) is 0 Å². The van der Waals surface area contributed by atoms with Crippen molar-refractivity contribution in [2.24, 2.45) is 10.7 Å². The molecule has 1 saturated heterocycles. The van der Waals surface area contributed by atoms with Crippen molar-refractivity contribution in [1.82, 2.24) is 10.2 Å². The van der Waals surface area contributed by atoms with Gasteiger partial charge in [-0.3, -0.25) is 9.89 Å². The Morgan fingerprint density at radius 3 is 2.71 bits per heavy atom. The van der Waals surface area contributed by atoms with E-state index < -0.39 is 0 Å². The molecule has 3 N–H and O–H groups in total. The highest BCUT2D eigenvalue weighted by Crippen LogP contribution is 2.21.